The van der Waals surface area contributed by atoms with Crippen LogP contribution in [0.2, 0.25) is 0 Å². The number of aromatic nitrogens is 1. The van der Waals surface area contributed by atoms with Crippen LogP contribution in [0.3, 0.4) is 0 Å². The van der Waals surface area contributed by atoms with E-state index in [1.54, 1.807) is 6.92 Å². The lowest BCUT2D eigenvalue weighted by molar-refractivity contribution is 0.0690. The van der Waals surface area contributed by atoms with Crippen LogP contribution in [-0.2, 0) is 6.42 Å². The molecule has 72 valence electrons. The van der Waals surface area contributed by atoms with Gasteiger partial charge in [0.1, 0.15) is 5.69 Å². The van der Waals surface area contributed by atoms with E-state index < -0.39 is 5.97 Å². The predicted molar refractivity (Wildman–Crippen MR) is 49.8 cm³/mol. The third kappa shape index (κ3) is 2.32. The number of aromatic amines is 1. The van der Waals surface area contributed by atoms with E-state index in [-0.39, 0.29) is 11.7 Å². The van der Waals surface area contributed by atoms with Gasteiger partial charge in [-0.3, -0.25) is 0 Å². The molecule has 1 heterocycles. The molecule has 0 fully saturated rings. The van der Waals surface area contributed by atoms with Gasteiger partial charge in [0.05, 0.1) is 0 Å². The number of rotatable bonds is 3. The Morgan fingerprint density at radius 3 is 2.77 bits per heavy atom. The lowest BCUT2D eigenvalue weighted by atomic mass is 10.2. The molecule has 13 heavy (non-hydrogen) atoms. The van der Waals surface area contributed by atoms with E-state index in [1.807, 2.05) is 13.0 Å². The minimum absolute atomic E-state index is 0.0414. The zero-order chi connectivity index (χ0) is 10.0. The summed E-state index contributed by atoms with van der Waals surface area (Å²) in [7, 11) is 0. The molecule has 4 N–H and O–H groups in total. The van der Waals surface area contributed by atoms with Crippen molar-refractivity contribution in [3.05, 3.63) is 23.0 Å². The van der Waals surface area contributed by atoms with Crippen molar-refractivity contribution in [1.82, 2.24) is 4.98 Å². The molecule has 0 aliphatic rings. The largest absolute Gasteiger partial charge is 0.477 e. The highest BCUT2D eigenvalue weighted by molar-refractivity contribution is 5.87. The van der Waals surface area contributed by atoms with Crippen LogP contribution in [-0.4, -0.2) is 22.1 Å². The van der Waals surface area contributed by atoms with Gasteiger partial charge in [-0.2, -0.15) is 0 Å². The SMILES string of the molecule is Cc1cc(CC(C)N)[nH]c1C(=O)O. The summed E-state index contributed by atoms with van der Waals surface area (Å²) in [6.45, 7) is 3.65. The van der Waals surface area contributed by atoms with E-state index in [4.69, 9.17) is 10.8 Å². The fourth-order valence-corrected chi connectivity index (χ4v) is 1.31. The molecule has 1 aromatic heterocycles. The number of carboxylic acid groups (broad SMARTS) is 1. The van der Waals surface area contributed by atoms with E-state index in [9.17, 15) is 4.79 Å². The Labute approximate surface area is 76.8 Å². The molecule has 1 aromatic rings. The topological polar surface area (TPSA) is 79.1 Å². The van der Waals surface area contributed by atoms with Crippen molar-refractivity contribution in [3.8, 4) is 0 Å². The van der Waals surface area contributed by atoms with Gasteiger partial charge < -0.3 is 15.8 Å². The van der Waals surface area contributed by atoms with E-state index in [1.165, 1.54) is 0 Å². The Balaban J connectivity index is 2.89. The highest BCUT2D eigenvalue weighted by Gasteiger charge is 2.11. The van der Waals surface area contributed by atoms with E-state index in [0.717, 1.165) is 11.3 Å². The second kappa shape index (κ2) is 3.62. The first-order chi connectivity index (χ1) is 6.00. The molecule has 0 saturated heterocycles. The summed E-state index contributed by atoms with van der Waals surface area (Å²) in [5.74, 6) is -0.923. The van der Waals surface area contributed by atoms with Crippen LogP contribution in [0.1, 0.15) is 28.7 Å². The highest BCUT2D eigenvalue weighted by atomic mass is 16.4. The number of hydrogen-bond acceptors (Lipinski definition) is 2. The number of carbonyl (C=O) groups is 1. The van der Waals surface area contributed by atoms with Crippen LogP contribution in [0.5, 0.6) is 0 Å². The molecule has 0 saturated carbocycles. The van der Waals surface area contributed by atoms with Crippen molar-refractivity contribution in [3.63, 3.8) is 0 Å². The van der Waals surface area contributed by atoms with Gasteiger partial charge in [0.25, 0.3) is 0 Å². The third-order valence-corrected chi connectivity index (χ3v) is 1.83. The van der Waals surface area contributed by atoms with Crippen molar-refractivity contribution in [2.24, 2.45) is 5.73 Å². The van der Waals surface area contributed by atoms with Crippen LogP contribution in [0.15, 0.2) is 6.07 Å². The van der Waals surface area contributed by atoms with Crippen molar-refractivity contribution in [2.75, 3.05) is 0 Å². The smallest absolute Gasteiger partial charge is 0.352 e. The summed E-state index contributed by atoms with van der Waals surface area (Å²) in [6, 6.07) is 1.87. The molecule has 0 bridgehead atoms. The summed E-state index contributed by atoms with van der Waals surface area (Å²) in [5.41, 5.74) is 7.48. The highest BCUT2D eigenvalue weighted by Crippen LogP contribution is 2.10. The number of carboxylic acids is 1. The Morgan fingerprint density at radius 1 is 1.77 bits per heavy atom. The summed E-state index contributed by atoms with van der Waals surface area (Å²) in [6.07, 6.45) is 0.675. The van der Waals surface area contributed by atoms with Crippen LogP contribution in [0, 0.1) is 6.92 Å². The number of H-pyrrole nitrogens is 1. The van der Waals surface area contributed by atoms with E-state index in [2.05, 4.69) is 4.98 Å². The van der Waals surface area contributed by atoms with Gasteiger partial charge in [0.15, 0.2) is 0 Å². The normalized spacial score (nSPS) is 12.8. The van der Waals surface area contributed by atoms with E-state index >= 15 is 0 Å². The maximum absolute atomic E-state index is 10.7. The zero-order valence-corrected chi connectivity index (χ0v) is 7.79. The lowest BCUT2D eigenvalue weighted by Crippen LogP contribution is -2.18. The number of nitrogens with two attached hydrogens (primary N) is 1. The van der Waals surface area contributed by atoms with Gasteiger partial charge in [-0.1, -0.05) is 0 Å². The Kier molecular flexibility index (Phi) is 2.72. The van der Waals surface area contributed by atoms with E-state index in [0.29, 0.717) is 6.42 Å². The predicted octanol–water partition coefficient (Wildman–Crippen LogP) is 0.911. The second-order valence-corrected chi connectivity index (χ2v) is 3.34. The number of hydrogen-bond donors (Lipinski definition) is 3. The van der Waals surface area contributed by atoms with Crippen LogP contribution < -0.4 is 5.73 Å². The first-order valence-electron chi connectivity index (χ1n) is 4.18. The van der Waals surface area contributed by atoms with Gasteiger partial charge >= 0.3 is 5.97 Å². The minimum Gasteiger partial charge on any atom is -0.477 e. The maximum atomic E-state index is 10.7. The fraction of sp³-hybridized carbons (Fsp3) is 0.444. The summed E-state index contributed by atoms with van der Waals surface area (Å²) < 4.78 is 0. The number of nitrogens with one attached hydrogen (secondary N) is 1. The molecule has 1 rings (SSSR count). The first-order valence-corrected chi connectivity index (χ1v) is 4.18. The van der Waals surface area contributed by atoms with Crippen molar-refractivity contribution < 1.29 is 9.90 Å². The molecule has 0 radical (unpaired) electrons. The monoisotopic (exact) mass is 182 g/mol. The molecule has 0 amide bonds. The Hall–Kier alpha value is -1.29. The van der Waals surface area contributed by atoms with Crippen LogP contribution in [0.4, 0.5) is 0 Å². The van der Waals surface area contributed by atoms with Gasteiger partial charge in [-0.15, -0.1) is 0 Å². The molecular weight excluding hydrogens is 168 g/mol. The average molecular weight is 182 g/mol. The van der Waals surface area contributed by atoms with Gasteiger partial charge in [0, 0.05) is 18.2 Å². The Morgan fingerprint density at radius 2 is 2.38 bits per heavy atom. The zero-order valence-electron chi connectivity index (χ0n) is 7.79. The lowest BCUT2D eigenvalue weighted by Gasteiger charge is -2.00. The average Bonchev–Trinajstić information content (AvgIpc) is 2.29. The van der Waals surface area contributed by atoms with Crippen LogP contribution in [0.25, 0.3) is 0 Å². The molecular formula is C9H14N2O2. The fourth-order valence-electron chi connectivity index (χ4n) is 1.31. The second-order valence-electron chi connectivity index (χ2n) is 3.34. The molecule has 0 aromatic carbocycles. The molecule has 1 atom stereocenters. The molecule has 4 nitrogen and oxygen atoms in total. The maximum Gasteiger partial charge on any atom is 0.352 e. The first kappa shape index (κ1) is 9.80. The molecule has 1 unspecified atom stereocenters. The van der Waals surface area contributed by atoms with Gasteiger partial charge in [-0.25, -0.2) is 4.79 Å². The number of aryl methyl sites for hydroxylation is 1. The Bertz CT molecular complexity index is 315. The van der Waals surface area contributed by atoms with Gasteiger partial charge in [-0.05, 0) is 25.5 Å². The molecule has 0 aliphatic heterocycles. The molecule has 0 aliphatic carbocycles. The summed E-state index contributed by atoms with van der Waals surface area (Å²) >= 11 is 0. The minimum atomic E-state index is -0.923. The van der Waals surface area contributed by atoms with Crippen molar-refractivity contribution in [1.29, 1.82) is 0 Å². The summed E-state index contributed by atoms with van der Waals surface area (Å²) in [4.78, 5) is 13.5. The summed E-state index contributed by atoms with van der Waals surface area (Å²) in [5, 5.41) is 8.75. The molecule has 4 heteroatoms. The van der Waals surface area contributed by atoms with Crippen LogP contribution >= 0.6 is 0 Å². The molecule has 0 spiro atoms. The number of aromatic carboxylic acids is 1. The third-order valence-electron chi connectivity index (χ3n) is 1.83. The quantitative estimate of drug-likeness (QED) is 0.650. The van der Waals surface area contributed by atoms with Gasteiger partial charge in [0.2, 0.25) is 0 Å². The van der Waals surface area contributed by atoms with Crippen molar-refractivity contribution in [2.45, 2.75) is 26.3 Å². The standard InChI is InChI=1S/C9H14N2O2/c1-5-3-7(4-6(2)10)11-8(5)9(12)13/h3,6,11H,4,10H2,1-2H3,(H,12,13). The van der Waals surface area contributed by atoms with Crippen molar-refractivity contribution >= 4 is 5.97 Å².